The first kappa shape index (κ1) is 19.7. The van der Waals surface area contributed by atoms with Crippen molar-refractivity contribution in [3.05, 3.63) is 65.7 Å². The van der Waals surface area contributed by atoms with Crippen LogP contribution in [0.2, 0.25) is 18.1 Å². The number of nitrogens with two attached hydrogens (primary N) is 1. The summed E-state index contributed by atoms with van der Waals surface area (Å²) in [4.78, 5) is 0. The van der Waals surface area contributed by atoms with Crippen molar-refractivity contribution in [2.45, 2.75) is 64.2 Å². The number of benzene rings is 2. The Labute approximate surface area is 154 Å². The fourth-order valence-electron chi connectivity index (χ4n) is 2.71. The molecule has 2 aromatic rings. The molecule has 0 unspecified atom stereocenters. The van der Waals surface area contributed by atoms with Crippen LogP contribution in [0, 0.1) is 0 Å². The molecule has 0 aliphatic rings. The van der Waals surface area contributed by atoms with Crippen molar-refractivity contribution >= 4 is 8.32 Å². The van der Waals surface area contributed by atoms with Gasteiger partial charge in [-0.3, -0.25) is 0 Å². The van der Waals surface area contributed by atoms with Gasteiger partial charge in [0.05, 0.1) is 0 Å². The summed E-state index contributed by atoms with van der Waals surface area (Å²) in [5, 5.41) is 0.206. The molecule has 25 heavy (non-hydrogen) atoms. The molecule has 0 radical (unpaired) electrons. The summed E-state index contributed by atoms with van der Waals surface area (Å²) in [6, 6.07) is 18.9. The van der Waals surface area contributed by atoms with Crippen molar-refractivity contribution in [1.29, 1.82) is 0 Å². The minimum Gasteiger partial charge on any atom is -0.544 e. The lowest BCUT2D eigenvalue weighted by Gasteiger charge is -2.36. The number of hydrogen-bond donors (Lipinski definition) is 1. The van der Waals surface area contributed by atoms with E-state index in [2.05, 4.69) is 89.3 Å². The fraction of sp³-hybridized carbons (Fsp3) is 0.455. The van der Waals surface area contributed by atoms with Gasteiger partial charge in [0.1, 0.15) is 5.75 Å². The topological polar surface area (TPSA) is 35.2 Å². The zero-order valence-corrected chi connectivity index (χ0v) is 17.6. The second-order valence-corrected chi connectivity index (χ2v) is 13.7. The summed E-state index contributed by atoms with van der Waals surface area (Å²) in [5.41, 5.74) is 8.83. The van der Waals surface area contributed by atoms with E-state index in [9.17, 15) is 0 Å². The largest absolute Gasteiger partial charge is 0.544 e. The summed E-state index contributed by atoms with van der Waals surface area (Å²) < 4.78 is 6.35. The molecule has 3 heteroatoms. The lowest BCUT2D eigenvalue weighted by Crippen LogP contribution is -2.43. The van der Waals surface area contributed by atoms with Gasteiger partial charge in [-0.25, -0.2) is 0 Å². The van der Waals surface area contributed by atoms with Crippen molar-refractivity contribution in [3.63, 3.8) is 0 Å². The first-order valence-electron chi connectivity index (χ1n) is 9.09. The Morgan fingerprint density at radius 2 is 1.28 bits per heavy atom. The Balaban J connectivity index is 2.02. The van der Waals surface area contributed by atoms with Gasteiger partial charge in [0.15, 0.2) is 0 Å². The monoisotopic (exact) mass is 355 g/mol. The molecule has 1 atom stereocenters. The molecule has 0 aliphatic carbocycles. The summed E-state index contributed by atoms with van der Waals surface area (Å²) in [7, 11) is -1.79. The average Bonchev–Trinajstić information content (AvgIpc) is 2.48. The summed E-state index contributed by atoms with van der Waals surface area (Å²) in [6.45, 7) is 13.5. The molecule has 0 bridgehead atoms. The molecular formula is C22H33NOSi. The zero-order valence-electron chi connectivity index (χ0n) is 16.6. The summed E-state index contributed by atoms with van der Waals surface area (Å²) in [6.07, 6.45) is 1.72. The van der Waals surface area contributed by atoms with Crippen molar-refractivity contribution in [2.75, 3.05) is 0 Å². The van der Waals surface area contributed by atoms with Gasteiger partial charge in [-0.15, -0.1) is 0 Å². The zero-order chi connectivity index (χ0) is 18.7. The molecule has 0 aliphatic heterocycles. The van der Waals surface area contributed by atoms with E-state index < -0.39 is 8.32 Å². The molecule has 0 heterocycles. The van der Waals surface area contributed by atoms with E-state index in [1.807, 2.05) is 6.07 Å². The van der Waals surface area contributed by atoms with Crippen LogP contribution in [0.5, 0.6) is 5.75 Å². The van der Waals surface area contributed by atoms with E-state index in [0.717, 1.165) is 18.6 Å². The first-order chi connectivity index (χ1) is 11.5. The maximum Gasteiger partial charge on any atom is 0.250 e. The van der Waals surface area contributed by atoms with Gasteiger partial charge in [-0.05, 0) is 61.2 Å². The minimum absolute atomic E-state index is 0.206. The number of hydrogen-bond acceptors (Lipinski definition) is 2. The van der Waals surface area contributed by atoms with Gasteiger partial charge >= 0.3 is 0 Å². The summed E-state index contributed by atoms with van der Waals surface area (Å²) >= 11 is 0. The van der Waals surface area contributed by atoms with Gasteiger partial charge in [-0.2, -0.15) is 0 Å². The van der Waals surface area contributed by atoms with Crippen LogP contribution < -0.4 is 10.2 Å². The smallest absolute Gasteiger partial charge is 0.250 e. The third-order valence-corrected chi connectivity index (χ3v) is 9.52. The minimum atomic E-state index is -1.79. The van der Waals surface area contributed by atoms with Crippen LogP contribution in [-0.4, -0.2) is 13.9 Å². The SMILES string of the molecule is CC(C)(C)[Si](C)(C)Oc1ccc(C[C@](C)(N)Cc2ccccc2)cc1. The van der Waals surface area contributed by atoms with Crippen LogP contribution in [-0.2, 0) is 12.8 Å². The Morgan fingerprint density at radius 3 is 1.76 bits per heavy atom. The van der Waals surface area contributed by atoms with E-state index in [1.165, 1.54) is 11.1 Å². The third-order valence-electron chi connectivity index (χ3n) is 5.16. The highest BCUT2D eigenvalue weighted by molar-refractivity contribution is 6.74. The quantitative estimate of drug-likeness (QED) is 0.687. The van der Waals surface area contributed by atoms with Crippen LogP contribution >= 0.6 is 0 Å². The normalized spacial score (nSPS) is 14.8. The third kappa shape index (κ3) is 5.72. The average molecular weight is 356 g/mol. The lowest BCUT2D eigenvalue weighted by molar-refractivity contribution is 0.461. The molecule has 2 N–H and O–H groups in total. The predicted octanol–water partition coefficient (Wildman–Crippen LogP) is 5.57. The van der Waals surface area contributed by atoms with Gasteiger partial charge < -0.3 is 10.2 Å². The van der Waals surface area contributed by atoms with Gasteiger partial charge in [0.2, 0.25) is 8.32 Å². The van der Waals surface area contributed by atoms with Gasteiger partial charge in [0, 0.05) is 5.54 Å². The molecular weight excluding hydrogens is 322 g/mol. The molecule has 2 aromatic carbocycles. The van der Waals surface area contributed by atoms with Crippen LogP contribution in [0.1, 0.15) is 38.8 Å². The van der Waals surface area contributed by atoms with E-state index in [-0.39, 0.29) is 10.6 Å². The Kier molecular flexibility index (Phi) is 5.80. The Hall–Kier alpha value is -1.58. The standard InChI is InChI=1S/C22H33NOSi/c1-21(2,3)25(5,6)24-20-14-12-19(13-15-20)17-22(4,23)16-18-10-8-7-9-11-18/h7-15H,16-17,23H2,1-6H3/t22-/m1/s1. The Morgan fingerprint density at radius 1 is 0.800 bits per heavy atom. The highest BCUT2D eigenvalue weighted by atomic mass is 28.4. The van der Waals surface area contributed by atoms with Crippen molar-refractivity contribution < 1.29 is 4.43 Å². The van der Waals surface area contributed by atoms with E-state index in [0.29, 0.717) is 0 Å². The van der Waals surface area contributed by atoms with Crippen LogP contribution in [0.3, 0.4) is 0 Å². The maximum atomic E-state index is 6.55. The molecule has 2 rings (SSSR count). The molecule has 0 saturated heterocycles. The van der Waals surface area contributed by atoms with Crippen molar-refractivity contribution in [3.8, 4) is 5.75 Å². The van der Waals surface area contributed by atoms with Gasteiger partial charge in [-0.1, -0.05) is 63.2 Å². The molecule has 0 aromatic heterocycles. The van der Waals surface area contributed by atoms with E-state index in [4.69, 9.17) is 10.2 Å². The van der Waals surface area contributed by atoms with E-state index in [1.54, 1.807) is 0 Å². The highest BCUT2D eigenvalue weighted by Gasteiger charge is 2.38. The molecule has 0 saturated carbocycles. The summed E-state index contributed by atoms with van der Waals surface area (Å²) in [5.74, 6) is 0.970. The first-order valence-corrected chi connectivity index (χ1v) is 12.0. The lowest BCUT2D eigenvalue weighted by atomic mass is 9.87. The van der Waals surface area contributed by atoms with Gasteiger partial charge in [0.25, 0.3) is 0 Å². The van der Waals surface area contributed by atoms with Crippen LogP contribution in [0.4, 0.5) is 0 Å². The predicted molar refractivity (Wildman–Crippen MR) is 111 cm³/mol. The fourth-order valence-corrected chi connectivity index (χ4v) is 3.75. The number of rotatable bonds is 6. The molecule has 0 amide bonds. The van der Waals surface area contributed by atoms with Crippen molar-refractivity contribution in [1.82, 2.24) is 0 Å². The van der Waals surface area contributed by atoms with Crippen molar-refractivity contribution in [2.24, 2.45) is 5.73 Å². The van der Waals surface area contributed by atoms with Crippen LogP contribution in [0.25, 0.3) is 0 Å². The molecule has 2 nitrogen and oxygen atoms in total. The molecule has 136 valence electrons. The Bertz CT molecular complexity index is 669. The second-order valence-electron chi connectivity index (χ2n) is 9.00. The molecule has 0 fully saturated rings. The maximum absolute atomic E-state index is 6.55. The van der Waals surface area contributed by atoms with Crippen LogP contribution in [0.15, 0.2) is 54.6 Å². The van der Waals surface area contributed by atoms with E-state index >= 15 is 0 Å². The second kappa shape index (κ2) is 7.34. The molecule has 0 spiro atoms. The highest BCUT2D eigenvalue weighted by Crippen LogP contribution is 2.37.